The van der Waals surface area contributed by atoms with E-state index in [1.807, 2.05) is 0 Å². The number of ether oxygens (including phenoxy) is 2. The first-order valence-corrected chi connectivity index (χ1v) is 8.34. The minimum Gasteiger partial charge on any atom is -0.504 e. The van der Waals surface area contributed by atoms with Crippen LogP contribution in [0, 0.1) is 0 Å². The van der Waals surface area contributed by atoms with Crippen LogP contribution in [0.15, 0.2) is 18.2 Å². The van der Waals surface area contributed by atoms with Gasteiger partial charge in [0.15, 0.2) is 11.5 Å². The van der Waals surface area contributed by atoms with Gasteiger partial charge in [-0.2, -0.15) is 0 Å². The van der Waals surface area contributed by atoms with E-state index in [2.05, 4.69) is 6.92 Å². The van der Waals surface area contributed by atoms with Crippen molar-refractivity contribution in [2.24, 2.45) is 0 Å². The predicted octanol–water partition coefficient (Wildman–Crippen LogP) is 3.83. The predicted molar refractivity (Wildman–Crippen MR) is 86.3 cm³/mol. The minimum atomic E-state index is -0.281. The van der Waals surface area contributed by atoms with Crippen LogP contribution >= 0.6 is 0 Å². The second-order valence-electron chi connectivity index (χ2n) is 6.19. The molecule has 0 amide bonds. The van der Waals surface area contributed by atoms with Crippen LogP contribution in [-0.4, -0.2) is 28.4 Å². The third-order valence-corrected chi connectivity index (χ3v) is 4.19. The van der Waals surface area contributed by atoms with Crippen LogP contribution in [0.4, 0.5) is 0 Å². The first kappa shape index (κ1) is 17.6. The van der Waals surface area contributed by atoms with Crippen molar-refractivity contribution in [3.05, 3.63) is 23.8 Å². The van der Waals surface area contributed by atoms with Gasteiger partial charge < -0.3 is 19.7 Å². The average Bonchev–Trinajstić information content (AvgIpc) is 2.49. The van der Waals surface area contributed by atoms with Crippen LogP contribution in [0.2, 0.25) is 0 Å². The summed E-state index contributed by atoms with van der Waals surface area (Å²) in [4.78, 5) is 11.3. The fourth-order valence-corrected chi connectivity index (χ4v) is 3.07. The molecule has 2 rings (SSSR count). The van der Waals surface area contributed by atoms with Crippen molar-refractivity contribution in [2.75, 3.05) is 0 Å². The lowest BCUT2D eigenvalue weighted by molar-refractivity contribution is -0.160. The molecule has 5 nitrogen and oxygen atoms in total. The van der Waals surface area contributed by atoms with E-state index in [9.17, 15) is 15.0 Å². The van der Waals surface area contributed by atoms with E-state index in [0.717, 1.165) is 31.2 Å². The number of phenols is 2. The first-order chi connectivity index (χ1) is 11.0. The largest absolute Gasteiger partial charge is 0.504 e. The Morgan fingerprint density at radius 1 is 1.26 bits per heavy atom. The number of aromatic hydroxyl groups is 2. The highest BCUT2D eigenvalue weighted by atomic mass is 16.6. The summed E-state index contributed by atoms with van der Waals surface area (Å²) >= 11 is 0. The monoisotopic (exact) mass is 322 g/mol. The molecule has 1 aliphatic heterocycles. The zero-order chi connectivity index (χ0) is 16.8. The van der Waals surface area contributed by atoms with E-state index in [-0.39, 0.29) is 35.8 Å². The summed E-state index contributed by atoms with van der Waals surface area (Å²) < 4.78 is 11.5. The van der Waals surface area contributed by atoms with Crippen molar-refractivity contribution in [1.29, 1.82) is 0 Å². The van der Waals surface area contributed by atoms with Gasteiger partial charge in [0.1, 0.15) is 6.10 Å². The van der Waals surface area contributed by atoms with Crippen molar-refractivity contribution < 1.29 is 24.5 Å². The van der Waals surface area contributed by atoms with E-state index >= 15 is 0 Å². The van der Waals surface area contributed by atoms with E-state index in [1.54, 1.807) is 6.07 Å². The lowest BCUT2D eigenvalue weighted by Gasteiger charge is -2.35. The van der Waals surface area contributed by atoms with Crippen LogP contribution in [0.1, 0.15) is 64.0 Å². The fraction of sp³-hybridized carbons (Fsp3) is 0.611. The smallest absolute Gasteiger partial charge is 0.302 e. The van der Waals surface area contributed by atoms with E-state index in [1.165, 1.54) is 19.1 Å². The number of unbranched alkanes of at least 4 members (excludes halogenated alkanes) is 2. The number of esters is 1. The number of hydrogen-bond donors (Lipinski definition) is 2. The van der Waals surface area contributed by atoms with Gasteiger partial charge in [0.25, 0.3) is 0 Å². The number of benzene rings is 1. The Labute approximate surface area is 137 Å². The zero-order valence-electron chi connectivity index (χ0n) is 13.8. The molecule has 0 aromatic heterocycles. The van der Waals surface area contributed by atoms with Gasteiger partial charge in [-0.25, -0.2) is 0 Å². The summed E-state index contributed by atoms with van der Waals surface area (Å²) in [5.41, 5.74) is 0.789. The van der Waals surface area contributed by atoms with Gasteiger partial charge in [-0.05, 0) is 24.1 Å². The maximum absolute atomic E-state index is 11.3. The molecule has 1 heterocycles. The number of phenolic OH excluding ortho intramolecular Hbond substituents is 2. The second-order valence-corrected chi connectivity index (χ2v) is 6.19. The number of carbonyl (C=O) groups excluding carboxylic acids is 1. The van der Waals surface area contributed by atoms with Crippen molar-refractivity contribution >= 4 is 5.97 Å². The Morgan fingerprint density at radius 3 is 2.70 bits per heavy atom. The molecule has 2 N–H and O–H groups in total. The van der Waals surface area contributed by atoms with Crippen LogP contribution < -0.4 is 0 Å². The van der Waals surface area contributed by atoms with Crippen molar-refractivity contribution in [1.82, 2.24) is 0 Å². The Kier molecular flexibility index (Phi) is 6.28. The molecule has 1 aromatic rings. The van der Waals surface area contributed by atoms with Gasteiger partial charge in [0, 0.05) is 19.8 Å². The van der Waals surface area contributed by atoms with Gasteiger partial charge in [0.05, 0.1) is 12.2 Å². The van der Waals surface area contributed by atoms with Gasteiger partial charge in [-0.3, -0.25) is 4.79 Å². The van der Waals surface area contributed by atoms with E-state index < -0.39 is 0 Å². The summed E-state index contributed by atoms with van der Waals surface area (Å²) in [6.07, 6.45) is 5.23. The molecule has 0 bridgehead atoms. The van der Waals surface area contributed by atoms with Gasteiger partial charge >= 0.3 is 5.97 Å². The van der Waals surface area contributed by atoms with Crippen molar-refractivity contribution in [3.63, 3.8) is 0 Å². The third-order valence-electron chi connectivity index (χ3n) is 4.19. The van der Waals surface area contributed by atoms with E-state index in [4.69, 9.17) is 9.47 Å². The molecular formula is C18H26O5. The SMILES string of the molecule is CCCCCC1CC(OC(C)=O)CC(c2ccc(O)c(O)c2)O1. The molecule has 1 aromatic carbocycles. The number of rotatable bonds is 6. The van der Waals surface area contributed by atoms with Crippen LogP contribution in [0.3, 0.4) is 0 Å². The van der Waals surface area contributed by atoms with Crippen molar-refractivity contribution in [2.45, 2.75) is 70.7 Å². The summed E-state index contributed by atoms with van der Waals surface area (Å²) in [5.74, 6) is -0.597. The molecule has 1 aliphatic rings. The van der Waals surface area contributed by atoms with Crippen LogP contribution in [0.5, 0.6) is 11.5 Å². The molecule has 3 atom stereocenters. The third kappa shape index (κ3) is 5.13. The highest BCUT2D eigenvalue weighted by Crippen LogP contribution is 2.37. The van der Waals surface area contributed by atoms with E-state index in [0.29, 0.717) is 12.8 Å². The molecule has 5 heteroatoms. The van der Waals surface area contributed by atoms with Crippen LogP contribution in [0.25, 0.3) is 0 Å². The molecule has 128 valence electrons. The first-order valence-electron chi connectivity index (χ1n) is 8.34. The second kappa shape index (κ2) is 8.20. The standard InChI is InChI=1S/C18H26O5/c1-3-4-5-6-14-10-15(22-12(2)19)11-18(23-14)13-7-8-16(20)17(21)9-13/h7-9,14-15,18,20-21H,3-6,10-11H2,1-2H3. The highest BCUT2D eigenvalue weighted by Gasteiger charge is 2.32. The molecular weight excluding hydrogens is 296 g/mol. The summed E-state index contributed by atoms with van der Waals surface area (Å²) in [6, 6.07) is 4.70. The Balaban J connectivity index is 2.09. The Bertz CT molecular complexity index is 528. The lowest BCUT2D eigenvalue weighted by atomic mass is 9.93. The molecule has 0 radical (unpaired) electrons. The number of hydrogen-bond acceptors (Lipinski definition) is 5. The zero-order valence-corrected chi connectivity index (χ0v) is 13.8. The normalized spacial score (nSPS) is 24.3. The molecule has 0 saturated carbocycles. The Hall–Kier alpha value is -1.75. The molecule has 3 unspecified atom stereocenters. The highest BCUT2D eigenvalue weighted by molar-refractivity contribution is 5.66. The maximum Gasteiger partial charge on any atom is 0.302 e. The van der Waals surface area contributed by atoms with Crippen molar-refractivity contribution in [3.8, 4) is 11.5 Å². The summed E-state index contributed by atoms with van der Waals surface area (Å²) in [7, 11) is 0. The lowest BCUT2D eigenvalue weighted by Crippen LogP contribution is -2.34. The van der Waals surface area contributed by atoms with Gasteiger partial charge in [-0.1, -0.05) is 32.3 Å². The molecule has 1 fully saturated rings. The quantitative estimate of drug-likeness (QED) is 0.473. The molecule has 0 aliphatic carbocycles. The summed E-state index contributed by atoms with van der Waals surface area (Å²) in [6.45, 7) is 3.58. The summed E-state index contributed by atoms with van der Waals surface area (Å²) in [5, 5.41) is 19.1. The molecule has 1 saturated heterocycles. The van der Waals surface area contributed by atoms with Gasteiger partial charge in [-0.15, -0.1) is 0 Å². The Morgan fingerprint density at radius 2 is 2.04 bits per heavy atom. The van der Waals surface area contributed by atoms with Crippen LogP contribution in [-0.2, 0) is 14.3 Å². The minimum absolute atomic E-state index is 0.0422. The fourth-order valence-electron chi connectivity index (χ4n) is 3.07. The topological polar surface area (TPSA) is 76.0 Å². The molecule has 23 heavy (non-hydrogen) atoms. The van der Waals surface area contributed by atoms with Gasteiger partial charge in [0.2, 0.25) is 0 Å². The average molecular weight is 322 g/mol. The number of carbonyl (C=O) groups is 1. The molecule has 0 spiro atoms. The maximum atomic E-state index is 11.3.